The van der Waals surface area contributed by atoms with E-state index in [1.807, 2.05) is 13.8 Å². The fraction of sp³-hybridized carbons (Fsp3) is 0.538. The Bertz CT molecular complexity index is 533. The molecule has 1 aliphatic heterocycles. The van der Waals surface area contributed by atoms with E-state index in [1.165, 1.54) is 11.3 Å². The summed E-state index contributed by atoms with van der Waals surface area (Å²) in [6.07, 6.45) is 0. The maximum absolute atomic E-state index is 12.2. The maximum Gasteiger partial charge on any atom is 0.253 e. The monoisotopic (exact) mass is 296 g/mol. The topological polar surface area (TPSA) is 101 Å². The second-order valence-corrected chi connectivity index (χ2v) is 6.14. The smallest absolute Gasteiger partial charge is 0.253 e. The number of Topliss-reactive ketones (excluding diaryl/α,β-unsaturated/α-hetero) is 1. The molecule has 2 heterocycles. The Morgan fingerprint density at radius 1 is 1.30 bits per heavy atom. The lowest BCUT2D eigenvalue weighted by atomic mass is 10.1. The van der Waals surface area contributed by atoms with Crippen molar-refractivity contribution in [2.24, 2.45) is 11.7 Å². The van der Waals surface area contributed by atoms with Crippen LogP contribution in [-0.2, 0) is 0 Å². The second kappa shape index (κ2) is 5.80. The standard InChI is InChI=1S/C13H20N4O2S/c1-7(2)10(18)11-9(14)8(12(15)19)13(20-11)17-5-3-16-4-6-17/h7,16H,3-6,14H2,1-2H3,(H2,15,19). The highest BCUT2D eigenvalue weighted by atomic mass is 32.1. The van der Waals surface area contributed by atoms with Gasteiger partial charge in [0.05, 0.1) is 16.1 Å². The molecule has 110 valence electrons. The molecule has 1 amide bonds. The van der Waals surface area contributed by atoms with E-state index in [2.05, 4.69) is 10.2 Å². The predicted molar refractivity (Wildman–Crippen MR) is 81.5 cm³/mol. The lowest BCUT2D eigenvalue weighted by Gasteiger charge is -2.28. The van der Waals surface area contributed by atoms with Crippen LogP contribution >= 0.6 is 11.3 Å². The first-order valence-electron chi connectivity index (χ1n) is 6.65. The molecule has 0 radical (unpaired) electrons. The highest BCUT2D eigenvalue weighted by Gasteiger charge is 2.28. The molecule has 0 atom stereocenters. The van der Waals surface area contributed by atoms with E-state index in [4.69, 9.17) is 11.5 Å². The number of carbonyl (C=O) groups excluding carboxylic acids is 2. The zero-order valence-corrected chi connectivity index (χ0v) is 12.5. The normalized spacial score (nSPS) is 15.7. The molecule has 0 unspecified atom stereocenters. The number of nitrogens with two attached hydrogens (primary N) is 2. The summed E-state index contributed by atoms with van der Waals surface area (Å²) in [5.74, 6) is -0.779. The first-order valence-corrected chi connectivity index (χ1v) is 7.47. The molecule has 1 aromatic heterocycles. The van der Waals surface area contributed by atoms with Crippen LogP contribution in [0, 0.1) is 5.92 Å². The molecular weight excluding hydrogens is 276 g/mol. The largest absolute Gasteiger partial charge is 0.397 e. The van der Waals surface area contributed by atoms with Crippen LogP contribution in [0.25, 0.3) is 0 Å². The minimum atomic E-state index is -0.574. The molecular formula is C13H20N4O2S. The Labute approximate surface area is 122 Å². The van der Waals surface area contributed by atoms with Gasteiger partial charge in [-0.15, -0.1) is 11.3 Å². The number of nitrogen functional groups attached to an aromatic ring is 1. The second-order valence-electron chi connectivity index (χ2n) is 5.15. The molecule has 0 aliphatic carbocycles. The third-order valence-corrected chi connectivity index (χ3v) is 4.61. The number of nitrogens with one attached hydrogen (secondary N) is 1. The maximum atomic E-state index is 12.2. The molecule has 1 fully saturated rings. The average Bonchev–Trinajstić information content (AvgIpc) is 2.76. The summed E-state index contributed by atoms with van der Waals surface area (Å²) < 4.78 is 0. The highest BCUT2D eigenvalue weighted by molar-refractivity contribution is 7.19. The molecule has 20 heavy (non-hydrogen) atoms. The van der Waals surface area contributed by atoms with E-state index >= 15 is 0 Å². The lowest BCUT2D eigenvalue weighted by Crippen LogP contribution is -2.43. The molecule has 5 N–H and O–H groups in total. The Kier molecular flexibility index (Phi) is 4.29. The molecule has 6 nitrogen and oxygen atoms in total. The van der Waals surface area contributed by atoms with Crippen LogP contribution in [0.1, 0.15) is 33.9 Å². The van der Waals surface area contributed by atoms with Gasteiger partial charge in [-0.3, -0.25) is 9.59 Å². The molecule has 2 rings (SSSR count). The van der Waals surface area contributed by atoms with Gasteiger partial charge in [-0.1, -0.05) is 13.8 Å². The van der Waals surface area contributed by atoms with Crippen LogP contribution in [0.2, 0.25) is 0 Å². The Hall–Kier alpha value is -1.60. The zero-order chi connectivity index (χ0) is 14.9. The van der Waals surface area contributed by atoms with Gasteiger partial charge in [-0.05, 0) is 0 Å². The van der Waals surface area contributed by atoms with Crippen LogP contribution in [0.5, 0.6) is 0 Å². The highest BCUT2D eigenvalue weighted by Crippen LogP contribution is 2.39. The molecule has 0 spiro atoms. The van der Waals surface area contributed by atoms with Crippen molar-refractivity contribution in [3.8, 4) is 0 Å². The van der Waals surface area contributed by atoms with Crippen molar-refractivity contribution >= 4 is 33.7 Å². The number of hydrogen-bond acceptors (Lipinski definition) is 6. The van der Waals surface area contributed by atoms with Gasteiger partial charge in [0.25, 0.3) is 5.91 Å². The quantitative estimate of drug-likeness (QED) is 0.709. The Balaban J connectivity index is 2.47. The number of primary amides is 1. The summed E-state index contributed by atoms with van der Waals surface area (Å²) in [6.45, 7) is 6.85. The van der Waals surface area contributed by atoms with Crippen molar-refractivity contribution in [1.82, 2.24) is 5.32 Å². The number of thiophene rings is 1. The van der Waals surface area contributed by atoms with Crippen LogP contribution in [0.15, 0.2) is 0 Å². The van der Waals surface area contributed by atoms with E-state index in [-0.39, 0.29) is 17.4 Å². The number of rotatable bonds is 4. The third kappa shape index (κ3) is 2.64. The molecule has 1 saturated heterocycles. The number of ketones is 1. The Morgan fingerprint density at radius 3 is 2.40 bits per heavy atom. The summed E-state index contributed by atoms with van der Waals surface area (Å²) in [5.41, 5.74) is 12.0. The minimum absolute atomic E-state index is 0.0450. The van der Waals surface area contributed by atoms with Gasteiger partial charge < -0.3 is 21.7 Å². The van der Waals surface area contributed by atoms with Gasteiger partial charge in [0.1, 0.15) is 5.00 Å². The van der Waals surface area contributed by atoms with Gasteiger partial charge >= 0.3 is 0 Å². The molecule has 7 heteroatoms. The number of piperazine rings is 1. The molecule has 1 aliphatic rings. The van der Waals surface area contributed by atoms with Crippen molar-refractivity contribution in [3.63, 3.8) is 0 Å². The van der Waals surface area contributed by atoms with Crippen molar-refractivity contribution < 1.29 is 9.59 Å². The van der Waals surface area contributed by atoms with Gasteiger partial charge in [0.15, 0.2) is 5.78 Å². The lowest BCUT2D eigenvalue weighted by molar-refractivity contribution is 0.0944. The van der Waals surface area contributed by atoms with E-state index in [1.54, 1.807) is 0 Å². The predicted octanol–water partition coefficient (Wildman–Crippen LogP) is 0.677. The van der Waals surface area contributed by atoms with Crippen LogP contribution in [0.3, 0.4) is 0 Å². The van der Waals surface area contributed by atoms with Crippen molar-refractivity contribution in [1.29, 1.82) is 0 Å². The number of anilines is 2. The summed E-state index contributed by atoms with van der Waals surface area (Å²) in [4.78, 5) is 26.4. The first-order chi connectivity index (χ1) is 9.43. The van der Waals surface area contributed by atoms with E-state index in [0.717, 1.165) is 31.2 Å². The third-order valence-electron chi connectivity index (χ3n) is 3.33. The van der Waals surface area contributed by atoms with Crippen molar-refractivity contribution in [2.75, 3.05) is 36.8 Å². The van der Waals surface area contributed by atoms with E-state index in [9.17, 15) is 9.59 Å². The summed E-state index contributed by atoms with van der Waals surface area (Å²) in [6, 6.07) is 0. The number of amides is 1. The first kappa shape index (κ1) is 14.8. The molecule has 1 aromatic rings. The van der Waals surface area contributed by atoms with Crippen LogP contribution in [-0.4, -0.2) is 37.9 Å². The Morgan fingerprint density at radius 2 is 1.90 bits per heavy atom. The molecule has 0 bridgehead atoms. The fourth-order valence-corrected chi connectivity index (χ4v) is 3.57. The van der Waals surface area contributed by atoms with Gasteiger partial charge in [-0.25, -0.2) is 0 Å². The average molecular weight is 296 g/mol. The SMILES string of the molecule is CC(C)C(=O)c1sc(N2CCNCC2)c(C(N)=O)c1N. The summed E-state index contributed by atoms with van der Waals surface area (Å²) >= 11 is 1.28. The number of hydrogen-bond donors (Lipinski definition) is 3. The van der Waals surface area contributed by atoms with E-state index < -0.39 is 5.91 Å². The summed E-state index contributed by atoms with van der Waals surface area (Å²) in [7, 11) is 0. The molecule has 0 saturated carbocycles. The van der Waals surface area contributed by atoms with E-state index in [0.29, 0.717) is 10.4 Å². The van der Waals surface area contributed by atoms with Gasteiger partial charge in [0.2, 0.25) is 0 Å². The van der Waals surface area contributed by atoms with Crippen LogP contribution in [0.4, 0.5) is 10.7 Å². The van der Waals surface area contributed by atoms with Crippen molar-refractivity contribution in [2.45, 2.75) is 13.8 Å². The number of carbonyl (C=O) groups is 2. The summed E-state index contributed by atoms with van der Waals surface area (Å²) in [5, 5.41) is 3.97. The minimum Gasteiger partial charge on any atom is -0.397 e. The molecule has 0 aromatic carbocycles. The van der Waals surface area contributed by atoms with Gasteiger partial charge in [0, 0.05) is 32.1 Å². The van der Waals surface area contributed by atoms with Gasteiger partial charge in [-0.2, -0.15) is 0 Å². The fourth-order valence-electron chi connectivity index (χ4n) is 2.21. The zero-order valence-electron chi connectivity index (χ0n) is 11.7. The number of nitrogens with zero attached hydrogens (tertiary/aromatic N) is 1. The van der Waals surface area contributed by atoms with Crippen molar-refractivity contribution in [3.05, 3.63) is 10.4 Å². The van der Waals surface area contributed by atoms with Crippen LogP contribution < -0.4 is 21.7 Å².